The molecule has 0 saturated heterocycles. The van der Waals surface area contributed by atoms with Gasteiger partial charge in [-0.2, -0.15) is 4.98 Å². The number of nitrogens with zero attached hydrogens (tertiary/aromatic N) is 2. The first-order chi connectivity index (χ1) is 9.18. The number of nitrogens with two attached hydrogens (primary N) is 2. The van der Waals surface area contributed by atoms with Crippen molar-refractivity contribution in [2.45, 2.75) is 6.92 Å². The molecule has 0 amide bonds. The second kappa shape index (κ2) is 9.35. The highest BCUT2D eigenvalue weighted by atomic mass is 15.0. The summed E-state index contributed by atoms with van der Waals surface area (Å²) in [7, 11) is 33.5. The summed E-state index contributed by atoms with van der Waals surface area (Å²) >= 11 is 0. The molecule has 1 heterocycles. The third kappa shape index (κ3) is 7.25. The Balaban J connectivity index is 0.000000367. The van der Waals surface area contributed by atoms with E-state index in [-0.39, 0.29) is 12.3 Å². The van der Waals surface area contributed by atoms with Gasteiger partial charge in [0.25, 0.3) is 0 Å². The molecule has 0 spiro atoms. The van der Waals surface area contributed by atoms with Crippen LogP contribution in [0.2, 0.25) is 0 Å². The lowest BCUT2D eigenvalue weighted by atomic mass is 8.56. The van der Waals surface area contributed by atoms with E-state index < -0.39 is 19.2 Å². The Kier molecular flexibility index (Phi) is 9.07. The molecule has 0 aliphatic heterocycles. The molecule has 15 heteroatoms. The topological polar surface area (TPSA) is 77.8 Å². The highest BCUT2D eigenvalue weighted by Crippen LogP contribution is 2.01. The molecule has 0 aliphatic carbocycles. The number of nitrogen functional groups attached to an aromatic ring is 2. The van der Waals surface area contributed by atoms with Crippen molar-refractivity contribution in [1.82, 2.24) is 9.97 Å². The summed E-state index contributed by atoms with van der Waals surface area (Å²) in [5.41, 5.74) is 11.4. The van der Waals surface area contributed by atoms with E-state index in [4.69, 9.17) is 57.9 Å². The van der Waals surface area contributed by atoms with Gasteiger partial charge in [-0.15, -0.1) is 0 Å². The third-order valence-corrected chi connectivity index (χ3v) is 2.45. The van der Waals surface area contributed by atoms with E-state index in [9.17, 15) is 0 Å². The Hall–Kier alpha value is -0.606. The zero-order valence-corrected chi connectivity index (χ0v) is 11.5. The van der Waals surface area contributed by atoms with Crippen molar-refractivity contribution >= 4 is 90.8 Å². The van der Waals surface area contributed by atoms with Crippen LogP contribution >= 0.6 is 0 Å². The smallest absolute Gasteiger partial charge is 0.222 e. The average molecular weight is 243 g/mol. The summed E-state index contributed by atoms with van der Waals surface area (Å²) in [6.07, 6.45) is -2.15. The summed E-state index contributed by atoms with van der Waals surface area (Å²) < 4.78 is 0. The van der Waals surface area contributed by atoms with Gasteiger partial charge in [0.05, 0.1) is 0 Å². The van der Waals surface area contributed by atoms with E-state index in [2.05, 4.69) is 9.97 Å². The third-order valence-electron chi connectivity index (χ3n) is 2.45. The van der Waals surface area contributed by atoms with Crippen molar-refractivity contribution in [2.24, 2.45) is 0 Å². The van der Waals surface area contributed by atoms with Crippen LogP contribution in [0.5, 0.6) is 0 Å². The van der Waals surface area contributed by atoms with Gasteiger partial charge in [0.1, 0.15) is 5.82 Å². The number of hydrogen-bond donors (Lipinski definition) is 2. The van der Waals surface area contributed by atoms with Gasteiger partial charge in [0, 0.05) is 90.8 Å². The largest absolute Gasteiger partial charge is 0.384 e. The van der Waals surface area contributed by atoms with E-state index in [0.29, 0.717) is 5.82 Å². The number of aromatic nitrogens is 2. The maximum absolute atomic E-state index is 5.52. The Morgan fingerprint density at radius 3 is 1.80 bits per heavy atom. The Morgan fingerprint density at radius 2 is 1.55 bits per heavy atom. The Bertz CT molecular complexity index is 344. The highest BCUT2D eigenvalue weighted by molar-refractivity contribution is 8.01. The van der Waals surface area contributed by atoms with Crippen LogP contribution in [0.3, 0.4) is 0 Å². The molecule has 0 saturated carbocycles. The lowest BCUT2D eigenvalue weighted by Crippen LogP contribution is -2.63. The molecular formula is C5H8B11N4. The van der Waals surface area contributed by atoms with E-state index in [1.54, 1.807) is 6.07 Å². The highest BCUT2D eigenvalue weighted by Gasteiger charge is 2.26. The maximum atomic E-state index is 5.52. The first kappa shape index (κ1) is 19.4. The van der Waals surface area contributed by atoms with Crippen molar-refractivity contribution in [3.8, 4) is 0 Å². The van der Waals surface area contributed by atoms with Crippen LogP contribution in [0.4, 0.5) is 11.8 Å². The fourth-order valence-electron chi connectivity index (χ4n) is 1.51. The lowest BCUT2D eigenvalue weighted by molar-refractivity contribution is 1.13. The number of aryl methyl sites for hydroxylation is 1. The molecule has 0 unspecified atom stereocenters. The van der Waals surface area contributed by atoms with Gasteiger partial charge in [-0.05, 0) is 6.92 Å². The van der Waals surface area contributed by atoms with Crippen molar-refractivity contribution in [2.75, 3.05) is 11.5 Å². The van der Waals surface area contributed by atoms with E-state index >= 15 is 0 Å². The predicted molar refractivity (Wildman–Crippen MR) is 98.9 cm³/mol. The van der Waals surface area contributed by atoms with E-state index in [1.165, 1.54) is 7.06 Å². The lowest BCUT2D eigenvalue weighted by Gasteiger charge is -2.25. The van der Waals surface area contributed by atoms with Crippen LogP contribution in [-0.4, -0.2) is 89.0 Å². The minimum atomic E-state index is -0.648. The zero-order chi connectivity index (χ0) is 15.9. The average Bonchev–Trinajstić information content (AvgIpc) is 2.26. The van der Waals surface area contributed by atoms with E-state index in [0.717, 1.165) is 5.69 Å². The zero-order valence-electron chi connectivity index (χ0n) is 11.5. The molecule has 0 aliphatic rings. The SMILES string of the molecule is Cc1cc(N)nc(N)n1.[B][B]B([B])B(B([B])[B])B([B])[B]. The van der Waals surface area contributed by atoms with Crippen molar-refractivity contribution < 1.29 is 0 Å². The van der Waals surface area contributed by atoms with E-state index in [1.807, 2.05) is 6.92 Å². The minimum Gasteiger partial charge on any atom is -0.384 e. The van der Waals surface area contributed by atoms with Crippen LogP contribution in [0.25, 0.3) is 0 Å². The first-order valence-electron chi connectivity index (χ1n) is 5.88. The van der Waals surface area contributed by atoms with Gasteiger partial charge in [-0.25, -0.2) is 4.98 Å². The summed E-state index contributed by atoms with van der Waals surface area (Å²) in [5, 5.41) is 0. The molecule has 20 heavy (non-hydrogen) atoms. The van der Waals surface area contributed by atoms with Gasteiger partial charge >= 0.3 is 0 Å². The van der Waals surface area contributed by atoms with Crippen LogP contribution in [0.15, 0.2) is 6.07 Å². The van der Waals surface area contributed by atoms with Gasteiger partial charge < -0.3 is 11.5 Å². The minimum absolute atomic E-state index is 0.229. The molecular weight excluding hydrogens is 235 g/mol. The van der Waals surface area contributed by atoms with Crippen LogP contribution in [0.1, 0.15) is 5.69 Å². The van der Waals surface area contributed by atoms with Gasteiger partial charge in [0.15, 0.2) is 0 Å². The molecule has 1 aromatic rings. The number of rotatable bonds is 4. The molecule has 0 fully saturated rings. The molecule has 1 aromatic heterocycles. The second-order valence-electron chi connectivity index (χ2n) is 4.29. The van der Waals surface area contributed by atoms with Crippen molar-refractivity contribution in [1.29, 1.82) is 0 Å². The van der Waals surface area contributed by atoms with Gasteiger partial charge in [0.2, 0.25) is 5.95 Å². The Labute approximate surface area is 131 Å². The predicted octanol–water partition coefficient (Wildman–Crippen LogP) is -4.24. The Morgan fingerprint density at radius 1 is 1.05 bits per heavy atom. The number of anilines is 2. The number of hydrogen-bond acceptors (Lipinski definition) is 4. The molecule has 4 N–H and O–H groups in total. The van der Waals surface area contributed by atoms with Gasteiger partial charge in [-0.1, -0.05) is 0 Å². The quantitative estimate of drug-likeness (QED) is 0.525. The summed E-state index contributed by atoms with van der Waals surface area (Å²) in [5.74, 6) is 0.646. The van der Waals surface area contributed by atoms with Crippen molar-refractivity contribution in [3.63, 3.8) is 0 Å². The maximum Gasteiger partial charge on any atom is 0.222 e. The summed E-state index contributed by atoms with van der Waals surface area (Å²) in [4.78, 5) is 7.50. The van der Waals surface area contributed by atoms with Crippen molar-refractivity contribution in [3.05, 3.63) is 11.8 Å². The van der Waals surface area contributed by atoms with Crippen LogP contribution in [0, 0.1) is 6.92 Å². The first-order valence-corrected chi connectivity index (χ1v) is 5.88. The summed E-state index contributed by atoms with van der Waals surface area (Å²) in [6.45, 7) is 1.81. The second-order valence-corrected chi connectivity index (χ2v) is 4.29. The fraction of sp³-hybridized carbons (Fsp3) is 0.200. The monoisotopic (exact) mass is 245 g/mol. The molecule has 1 rings (SSSR count). The molecule has 0 bridgehead atoms. The van der Waals surface area contributed by atoms with Gasteiger partial charge in [-0.3, -0.25) is 0 Å². The summed E-state index contributed by atoms with van der Waals surface area (Å²) in [6, 6.07) is 1.66. The molecule has 81 valence electrons. The fourth-order valence-corrected chi connectivity index (χ4v) is 1.51. The normalized spacial score (nSPS) is 8.85. The van der Waals surface area contributed by atoms with Crippen LogP contribution < -0.4 is 11.5 Å². The molecule has 0 aromatic carbocycles. The standard InChI is InChI=1S/C5H8N4.B11/c1-3-2-4(6)9-5(7)8-3;1-7-10(6)11(8(2)3)9(4)5/h2H,1H3,(H4,6,7,8,9);. The molecule has 4 nitrogen and oxygen atoms in total. The molecule has 13 radical (unpaired) electrons. The van der Waals surface area contributed by atoms with Crippen LogP contribution in [-0.2, 0) is 0 Å². The molecule has 0 atom stereocenters.